The van der Waals surface area contributed by atoms with E-state index in [0.29, 0.717) is 16.6 Å². The number of rotatable bonds is 2. The smallest absolute Gasteiger partial charge is 0.323 e. The summed E-state index contributed by atoms with van der Waals surface area (Å²) in [6.07, 6.45) is 0. The normalized spacial score (nSPS) is 10.1. The van der Waals surface area contributed by atoms with Crippen LogP contribution in [0.25, 0.3) is 0 Å². The Morgan fingerprint density at radius 1 is 1.25 bits per heavy atom. The molecular weight excluding hydrogens is 247 g/mol. The van der Waals surface area contributed by atoms with Gasteiger partial charge in [0.15, 0.2) is 0 Å². The van der Waals surface area contributed by atoms with E-state index >= 15 is 0 Å². The highest BCUT2D eigenvalue weighted by molar-refractivity contribution is 6.42. The second kappa shape index (κ2) is 5.41. The van der Waals surface area contributed by atoms with E-state index in [1.54, 1.807) is 37.2 Å². The zero-order valence-electron chi connectivity index (χ0n) is 9.50. The summed E-state index contributed by atoms with van der Waals surface area (Å²) >= 11 is 11.7. The number of benzene rings is 1. The highest BCUT2D eigenvalue weighted by Gasteiger charge is 2.16. The Bertz CT molecular complexity index is 394. The minimum absolute atomic E-state index is 0.0825. The molecule has 1 aromatic rings. The van der Waals surface area contributed by atoms with Gasteiger partial charge >= 0.3 is 6.03 Å². The number of amides is 2. The lowest BCUT2D eigenvalue weighted by Gasteiger charge is -2.25. The third-order valence-corrected chi connectivity index (χ3v) is 2.88. The summed E-state index contributed by atoms with van der Waals surface area (Å²) in [6.45, 7) is 2.49. The third-order valence-electron chi connectivity index (χ3n) is 2.14. The van der Waals surface area contributed by atoms with Crippen LogP contribution in [0.4, 0.5) is 10.5 Å². The van der Waals surface area contributed by atoms with Gasteiger partial charge in [0, 0.05) is 26.3 Å². The molecule has 1 aromatic carbocycles. The molecule has 0 saturated heterocycles. The second-order valence-electron chi connectivity index (χ2n) is 3.52. The van der Waals surface area contributed by atoms with Crippen LogP contribution in [-0.4, -0.2) is 31.6 Å². The van der Waals surface area contributed by atoms with E-state index in [1.807, 2.05) is 6.92 Å². The monoisotopic (exact) mass is 260 g/mol. The molecule has 0 N–H and O–H groups in total. The van der Waals surface area contributed by atoms with E-state index in [9.17, 15) is 4.79 Å². The summed E-state index contributed by atoms with van der Waals surface area (Å²) in [5.41, 5.74) is 0.746. The first-order chi connectivity index (χ1) is 7.47. The lowest BCUT2D eigenvalue weighted by Crippen LogP contribution is -2.39. The maximum Gasteiger partial charge on any atom is 0.323 e. The van der Waals surface area contributed by atoms with Crippen molar-refractivity contribution >= 4 is 34.9 Å². The number of halogens is 2. The van der Waals surface area contributed by atoms with Gasteiger partial charge in [-0.05, 0) is 25.1 Å². The molecule has 0 fully saturated rings. The van der Waals surface area contributed by atoms with E-state index in [2.05, 4.69) is 0 Å². The Kier molecular flexibility index (Phi) is 4.44. The van der Waals surface area contributed by atoms with Crippen molar-refractivity contribution in [2.45, 2.75) is 6.92 Å². The van der Waals surface area contributed by atoms with Crippen molar-refractivity contribution in [3.05, 3.63) is 28.2 Å². The molecule has 16 heavy (non-hydrogen) atoms. The molecule has 3 nitrogen and oxygen atoms in total. The van der Waals surface area contributed by atoms with Gasteiger partial charge in [0.2, 0.25) is 0 Å². The van der Waals surface area contributed by atoms with Crippen molar-refractivity contribution in [1.82, 2.24) is 4.90 Å². The molecule has 88 valence electrons. The van der Waals surface area contributed by atoms with Crippen LogP contribution in [0, 0.1) is 0 Å². The van der Waals surface area contributed by atoms with Crippen LogP contribution >= 0.6 is 23.2 Å². The zero-order valence-corrected chi connectivity index (χ0v) is 11.0. The largest absolute Gasteiger partial charge is 0.330 e. The minimum atomic E-state index is -0.0825. The SMILES string of the molecule is CCN(C(=O)N(C)C)c1ccc(Cl)c(Cl)c1. The van der Waals surface area contributed by atoms with Crippen molar-refractivity contribution in [3.8, 4) is 0 Å². The Balaban J connectivity index is 3.04. The van der Waals surface area contributed by atoms with Crippen LogP contribution in [0.5, 0.6) is 0 Å². The Morgan fingerprint density at radius 3 is 2.31 bits per heavy atom. The number of nitrogens with zero attached hydrogens (tertiary/aromatic N) is 2. The summed E-state index contributed by atoms with van der Waals surface area (Å²) in [4.78, 5) is 15.0. The number of carbonyl (C=O) groups is 1. The molecular formula is C11H14Cl2N2O. The lowest BCUT2D eigenvalue weighted by atomic mass is 10.3. The number of hydrogen-bond acceptors (Lipinski definition) is 1. The van der Waals surface area contributed by atoms with Crippen molar-refractivity contribution in [1.29, 1.82) is 0 Å². The fourth-order valence-electron chi connectivity index (χ4n) is 1.32. The van der Waals surface area contributed by atoms with E-state index in [-0.39, 0.29) is 6.03 Å². The van der Waals surface area contributed by atoms with Gasteiger partial charge in [0.05, 0.1) is 10.0 Å². The van der Waals surface area contributed by atoms with E-state index < -0.39 is 0 Å². The van der Waals surface area contributed by atoms with Gasteiger partial charge in [0.25, 0.3) is 0 Å². The van der Waals surface area contributed by atoms with Gasteiger partial charge in [-0.2, -0.15) is 0 Å². The lowest BCUT2D eigenvalue weighted by molar-refractivity contribution is 0.224. The van der Waals surface area contributed by atoms with Gasteiger partial charge in [-0.25, -0.2) is 4.79 Å². The summed E-state index contributed by atoms with van der Waals surface area (Å²) in [5.74, 6) is 0. The molecule has 0 radical (unpaired) electrons. The number of anilines is 1. The zero-order chi connectivity index (χ0) is 12.3. The summed E-state index contributed by atoms with van der Waals surface area (Å²) in [5, 5.41) is 0.933. The van der Waals surface area contributed by atoms with Crippen molar-refractivity contribution in [3.63, 3.8) is 0 Å². The van der Waals surface area contributed by atoms with Crippen molar-refractivity contribution in [2.75, 3.05) is 25.5 Å². The maximum atomic E-state index is 11.8. The Morgan fingerprint density at radius 2 is 1.88 bits per heavy atom. The van der Waals surface area contributed by atoms with Crippen LogP contribution in [0.1, 0.15) is 6.92 Å². The minimum Gasteiger partial charge on any atom is -0.330 e. The molecule has 0 unspecified atom stereocenters. The average Bonchev–Trinajstić information content (AvgIpc) is 2.24. The predicted molar refractivity (Wildman–Crippen MR) is 68.6 cm³/mol. The maximum absolute atomic E-state index is 11.8. The van der Waals surface area contributed by atoms with Crippen LogP contribution in [0.3, 0.4) is 0 Å². The number of urea groups is 1. The van der Waals surface area contributed by atoms with E-state index in [4.69, 9.17) is 23.2 Å². The van der Waals surface area contributed by atoms with Crippen LogP contribution in [0.2, 0.25) is 10.0 Å². The Labute approximate surface area is 106 Å². The highest BCUT2D eigenvalue weighted by Crippen LogP contribution is 2.27. The fraction of sp³-hybridized carbons (Fsp3) is 0.364. The Hall–Kier alpha value is -0.930. The molecule has 0 bridgehead atoms. The molecule has 0 aliphatic heterocycles. The molecule has 2 amide bonds. The standard InChI is InChI=1S/C11H14Cl2N2O/c1-4-15(11(16)14(2)3)8-5-6-9(12)10(13)7-8/h5-7H,4H2,1-3H3. The molecule has 0 spiro atoms. The molecule has 0 atom stereocenters. The highest BCUT2D eigenvalue weighted by atomic mass is 35.5. The number of hydrogen-bond donors (Lipinski definition) is 0. The first-order valence-electron chi connectivity index (χ1n) is 4.91. The first-order valence-corrected chi connectivity index (χ1v) is 5.66. The molecule has 0 aliphatic rings. The molecule has 1 rings (SSSR count). The molecule has 0 aliphatic carbocycles. The van der Waals surface area contributed by atoms with Crippen molar-refractivity contribution in [2.24, 2.45) is 0 Å². The average molecular weight is 261 g/mol. The van der Waals surface area contributed by atoms with Crippen LogP contribution in [0.15, 0.2) is 18.2 Å². The summed E-state index contributed by atoms with van der Waals surface area (Å²) < 4.78 is 0. The van der Waals surface area contributed by atoms with E-state index in [1.165, 1.54) is 4.90 Å². The van der Waals surface area contributed by atoms with Crippen LogP contribution in [-0.2, 0) is 0 Å². The molecule has 0 heterocycles. The molecule has 0 saturated carbocycles. The van der Waals surface area contributed by atoms with Gasteiger partial charge in [-0.3, -0.25) is 4.90 Å². The summed E-state index contributed by atoms with van der Waals surface area (Å²) in [6, 6.07) is 5.07. The van der Waals surface area contributed by atoms with E-state index in [0.717, 1.165) is 5.69 Å². The topological polar surface area (TPSA) is 23.6 Å². The quantitative estimate of drug-likeness (QED) is 0.799. The van der Waals surface area contributed by atoms with Gasteiger partial charge in [-0.1, -0.05) is 23.2 Å². The number of carbonyl (C=O) groups excluding carboxylic acids is 1. The van der Waals surface area contributed by atoms with Gasteiger partial charge in [-0.15, -0.1) is 0 Å². The predicted octanol–water partition coefficient (Wildman–Crippen LogP) is 3.50. The van der Waals surface area contributed by atoms with Gasteiger partial charge in [0.1, 0.15) is 0 Å². The van der Waals surface area contributed by atoms with Crippen molar-refractivity contribution < 1.29 is 4.79 Å². The van der Waals surface area contributed by atoms with Crippen LogP contribution < -0.4 is 4.90 Å². The molecule has 0 aromatic heterocycles. The first kappa shape index (κ1) is 13.1. The third kappa shape index (κ3) is 2.80. The second-order valence-corrected chi connectivity index (χ2v) is 4.33. The summed E-state index contributed by atoms with van der Waals surface area (Å²) in [7, 11) is 3.42. The molecule has 5 heteroatoms. The van der Waals surface area contributed by atoms with Gasteiger partial charge < -0.3 is 4.90 Å². The fourth-order valence-corrected chi connectivity index (χ4v) is 1.61.